The molecule has 0 aliphatic carbocycles. The van der Waals surface area contributed by atoms with Crippen LogP contribution in [-0.2, 0) is 4.74 Å². The lowest BCUT2D eigenvalue weighted by Crippen LogP contribution is -2.21. The Morgan fingerprint density at radius 2 is 2.10 bits per heavy atom. The zero-order chi connectivity index (χ0) is 14.8. The molecule has 0 saturated carbocycles. The van der Waals surface area contributed by atoms with Crippen LogP contribution >= 0.6 is 0 Å². The normalized spacial score (nSPS) is 12.9. The lowest BCUT2D eigenvalue weighted by Gasteiger charge is -2.26. The molecule has 5 heteroatoms. The predicted molar refractivity (Wildman–Crippen MR) is 73.7 cm³/mol. The van der Waals surface area contributed by atoms with Gasteiger partial charge in [0.2, 0.25) is 5.82 Å². The summed E-state index contributed by atoms with van der Waals surface area (Å²) in [5, 5.41) is 12.9. The first-order chi connectivity index (χ1) is 9.45. The SMILES string of the molecule is COC(c1noc(-c2cccc(C#N)c2)n1)C(C)(C)C. The highest BCUT2D eigenvalue weighted by Crippen LogP contribution is 2.34. The van der Waals surface area contributed by atoms with E-state index in [1.807, 2.05) is 26.8 Å². The summed E-state index contributed by atoms with van der Waals surface area (Å²) in [4.78, 5) is 4.38. The number of rotatable bonds is 3. The van der Waals surface area contributed by atoms with Gasteiger partial charge in [-0.1, -0.05) is 32.0 Å². The average molecular weight is 271 g/mol. The van der Waals surface area contributed by atoms with E-state index in [1.165, 1.54) is 0 Å². The molecule has 0 fully saturated rings. The fourth-order valence-electron chi connectivity index (χ4n) is 2.03. The second-order valence-electron chi connectivity index (χ2n) is 5.63. The highest BCUT2D eigenvalue weighted by atomic mass is 16.5. The van der Waals surface area contributed by atoms with Crippen LogP contribution in [0.25, 0.3) is 11.5 Å². The van der Waals surface area contributed by atoms with Gasteiger partial charge in [0, 0.05) is 12.7 Å². The third kappa shape index (κ3) is 2.86. The molecule has 1 unspecified atom stereocenters. The first-order valence-corrected chi connectivity index (χ1v) is 6.32. The van der Waals surface area contributed by atoms with Crippen LogP contribution in [0, 0.1) is 16.7 Å². The number of benzene rings is 1. The number of hydrogen-bond donors (Lipinski definition) is 0. The van der Waals surface area contributed by atoms with Crippen molar-refractivity contribution in [3.8, 4) is 17.5 Å². The molecule has 0 N–H and O–H groups in total. The van der Waals surface area contributed by atoms with Crippen molar-refractivity contribution in [1.82, 2.24) is 10.1 Å². The van der Waals surface area contributed by atoms with Crippen molar-refractivity contribution in [1.29, 1.82) is 5.26 Å². The number of nitrogens with zero attached hydrogens (tertiary/aromatic N) is 3. The molecule has 0 amide bonds. The quantitative estimate of drug-likeness (QED) is 0.856. The molecular weight excluding hydrogens is 254 g/mol. The summed E-state index contributed by atoms with van der Waals surface area (Å²) in [5.74, 6) is 0.903. The van der Waals surface area contributed by atoms with Crippen LogP contribution in [0.2, 0.25) is 0 Å². The Labute approximate surface area is 118 Å². The molecule has 1 aromatic heterocycles. The molecule has 0 spiro atoms. The smallest absolute Gasteiger partial charge is 0.258 e. The van der Waals surface area contributed by atoms with Crippen molar-refractivity contribution >= 4 is 0 Å². The molecule has 2 aromatic rings. The molecule has 1 atom stereocenters. The van der Waals surface area contributed by atoms with E-state index < -0.39 is 0 Å². The van der Waals surface area contributed by atoms with E-state index in [1.54, 1.807) is 25.3 Å². The van der Waals surface area contributed by atoms with E-state index in [0.717, 1.165) is 5.56 Å². The molecule has 0 aliphatic rings. The Kier molecular flexibility index (Phi) is 3.86. The number of nitriles is 1. The topological polar surface area (TPSA) is 71.9 Å². The monoisotopic (exact) mass is 271 g/mol. The Balaban J connectivity index is 2.35. The summed E-state index contributed by atoms with van der Waals surface area (Å²) < 4.78 is 10.7. The van der Waals surface area contributed by atoms with Crippen molar-refractivity contribution < 1.29 is 9.26 Å². The maximum absolute atomic E-state index is 8.91. The molecule has 1 heterocycles. The Morgan fingerprint density at radius 3 is 2.70 bits per heavy atom. The molecular formula is C15H17N3O2. The first-order valence-electron chi connectivity index (χ1n) is 6.32. The van der Waals surface area contributed by atoms with Crippen LogP contribution in [-0.4, -0.2) is 17.3 Å². The Bertz CT molecular complexity index is 635. The second kappa shape index (κ2) is 5.43. The van der Waals surface area contributed by atoms with Gasteiger partial charge in [-0.25, -0.2) is 0 Å². The minimum absolute atomic E-state index is 0.135. The van der Waals surface area contributed by atoms with Gasteiger partial charge in [-0.2, -0.15) is 10.2 Å². The maximum Gasteiger partial charge on any atom is 0.258 e. The molecule has 0 saturated heterocycles. The second-order valence-corrected chi connectivity index (χ2v) is 5.63. The number of hydrogen-bond acceptors (Lipinski definition) is 5. The molecule has 5 nitrogen and oxygen atoms in total. The molecule has 1 aromatic carbocycles. The van der Waals surface area contributed by atoms with Crippen molar-refractivity contribution in [2.24, 2.45) is 5.41 Å². The van der Waals surface area contributed by atoms with Crippen LogP contribution in [0.5, 0.6) is 0 Å². The largest absolute Gasteiger partial charge is 0.373 e. The summed E-state index contributed by atoms with van der Waals surface area (Å²) in [6, 6.07) is 9.15. The summed E-state index contributed by atoms with van der Waals surface area (Å²) in [6.45, 7) is 6.15. The number of aromatic nitrogens is 2. The number of methoxy groups -OCH3 is 1. The van der Waals surface area contributed by atoms with Crippen molar-refractivity contribution in [2.45, 2.75) is 26.9 Å². The molecule has 104 valence electrons. The average Bonchev–Trinajstić information content (AvgIpc) is 2.87. The first kappa shape index (κ1) is 14.2. The van der Waals surface area contributed by atoms with Gasteiger partial charge in [0.1, 0.15) is 6.10 Å². The molecule has 0 aliphatic heterocycles. The van der Waals surface area contributed by atoms with Crippen molar-refractivity contribution in [3.63, 3.8) is 0 Å². The van der Waals surface area contributed by atoms with Crippen LogP contribution < -0.4 is 0 Å². The molecule has 20 heavy (non-hydrogen) atoms. The summed E-state index contributed by atoms with van der Waals surface area (Å²) in [6.07, 6.45) is -0.251. The highest BCUT2D eigenvalue weighted by Gasteiger charge is 2.30. The minimum Gasteiger partial charge on any atom is -0.373 e. The standard InChI is InChI=1S/C15H17N3O2/c1-15(2,3)12(19-4)13-17-14(20-18-13)11-7-5-6-10(8-11)9-16/h5-8,12H,1-4H3. The summed E-state index contributed by atoms with van der Waals surface area (Å²) >= 11 is 0. The Morgan fingerprint density at radius 1 is 1.35 bits per heavy atom. The number of ether oxygens (including phenoxy) is 1. The van der Waals surface area contributed by atoms with Crippen LogP contribution in [0.15, 0.2) is 28.8 Å². The van der Waals surface area contributed by atoms with E-state index in [9.17, 15) is 0 Å². The van der Waals surface area contributed by atoms with E-state index in [0.29, 0.717) is 17.3 Å². The van der Waals surface area contributed by atoms with Crippen LogP contribution in [0.3, 0.4) is 0 Å². The Hall–Kier alpha value is -2.19. The van der Waals surface area contributed by atoms with Gasteiger partial charge in [0.15, 0.2) is 0 Å². The fourth-order valence-corrected chi connectivity index (χ4v) is 2.03. The summed E-state index contributed by atoms with van der Waals surface area (Å²) in [5.41, 5.74) is 1.15. The van der Waals surface area contributed by atoms with E-state index in [4.69, 9.17) is 14.5 Å². The predicted octanol–water partition coefficient (Wildman–Crippen LogP) is 3.34. The summed E-state index contributed by atoms with van der Waals surface area (Å²) in [7, 11) is 1.63. The van der Waals surface area contributed by atoms with Gasteiger partial charge in [-0.15, -0.1) is 0 Å². The highest BCUT2D eigenvalue weighted by molar-refractivity contribution is 5.55. The van der Waals surface area contributed by atoms with Gasteiger partial charge in [-0.3, -0.25) is 0 Å². The van der Waals surface area contributed by atoms with E-state index >= 15 is 0 Å². The minimum atomic E-state index is -0.251. The van der Waals surface area contributed by atoms with E-state index in [-0.39, 0.29) is 11.5 Å². The van der Waals surface area contributed by atoms with Gasteiger partial charge < -0.3 is 9.26 Å². The van der Waals surface area contributed by atoms with Gasteiger partial charge in [0.05, 0.1) is 11.6 Å². The molecule has 0 radical (unpaired) electrons. The van der Waals surface area contributed by atoms with Crippen LogP contribution in [0.1, 0.15) is 38.3 Å². The molecule has 2 rings (SSSR count). The lowest BCUT2D eigenvalue weighted by atomic mass is 9.88. The van der Waals surface area contributed by atoms with Gasteiger partial charge in [0.25, 0.3) is 5.89 Å². The van der Waals surface area contributed by atoms with Gasteiger partial charge >= 0.3 is 0 Å². The van der Waals surface area contributed by atoms with E-state index in [2.05, 4.69) is 16.2 Å². The fraction of sp³-hybridized carbons (Fsp3) is 0.400. The zero-order valence-corrected chi connectivity index (χ0v) is 12.0. The van der Waals surface area contributed by atoms with Crippen LogP contribution in [0.4, 0.5) is 0 Å². The molecule has 0 bridgehead atoms. The third-order valence-corrected chi connectivity index (χ3v) is 2.94. The third-order valence-electron chi connectivity index (χ3n) is 2.94. The lowest BCUT2D eigenvalue weighted by molar-refractivity contribution is 0.00718. The van der Waals surface area contributed by atoms with Crippen molar-refractivity contribution in [3.05, 3.63) is 35.7 Å². The maximum atomic E-state index is 8.91. The van der Waals surface area contributed by atoms with Crippen molar-refractivity contribution in [2.75, 3.05) is 7.11 Å². The zero-order valence-electron chi connectivity index (χ0n) is 12.0. The van der Waals surface area contributed by atoms with Gasteiger partial charge in [-0.05, 0) is 23.6 Å².